The van der Waals surface area contributed by atoms with Gasteiger partial charge in [-0.3, -0.25) is 9.69 Å². The van der Waals surface area contributed by atoms with E-state index >= 15 is 0 Å². The number of unbranched alkanes of at least 4 members (excludes halogenated alkanes) is 1. The predicted molar refractivity (Wildman–Crippen MR) is 66.1 cm³/mol. The van der Waals surface area contributed by atoms with Crippen LogP contribution in [0.2, 0.25) is 0 Å². The highest BCUT2D eigenvalue weighted by Gasteiger charge is 2.32. The molecule has 17 heavy (non-hydrogen) atoms. The van der Waals surface area contributed by atoms with E-state index in [0.717, 1.165) is 24.3 Å². The van der Waals surface area contributed by atoms with Gasteiger partial charge in [0.15, 0.2) is 0 Å². The Morgan fingerprint density at radius 2 is 2.35 bits per heavy atom. The third-order valence-corrected chi connectivity index (χ3v) is 3.90. The number of aliphatic hydroxyl groups is 1. The topological polar surface area (TPSA) is 66.3 Å². The van der Waals surface area contributed by atoms with Crippen molar-refractivity contribution in [2.24, 2.45) is 5.92 Å². The number of hydrogen-bond donors (Lipinski definition) is 1. The summed E-state index contributed by atoms with van der Waals surface area (Å²) < 4.78 is 0. The van der Waals surface area contributed by atoms with Crippen LogP contribution in [-0.4, -0.2) is 34.4 Å². The zero-order valence-electron chi connectivity index (χ0n) is 9.93. The smallest absolute Gasteiger partial charge is 0.229 e. The zero-order valence-corrected chi connectivity index (χ0v) is 10.7. The average Bonchev–Trinajstić information content (AvgIpc) is 2.92. The van der Waals surface area contributed by atoms with Gasteiger partial charge in [-0.05, 0) is 6.42 Å². The molecule has 1 N–H and O–H groups in total. The maximum absolute atomic E-state index is 11.7. The summed E-state index contributed by atoms with van der Waals surface area (Å²) in [5.74, 6) is 0.0905. The molecule has 0 bridgehead atoms. The number of aromatic nitrogens is 2. The monoisotopic (exact) mass is 255 g/mol. The average molecular weight is 255 g/mol. The summed E-state index contributed by atoms with van der Waals surface area (Å²) in [4.78, 5) is 13.4. The first-order valence-electron chi connectivity index (χ1n) is 5.98. The van der Waals surface area contributed by atoms with E-state index in [4.69, 9.17) is 5.11 Å². The second kappa shape index (κ2) is 5.55. The molecule has 1 aromatic rings. The predicted octanol–water partition coefficient (Wildman–Crippen LogP) is 1.23. The number of hydrogen-bond acceptors (Lipinski definition) is 5. The Bertz CT molecular complexity index is 394. The minimum Gasteiger partial charge on any atom is -0.396 e. The van der Waals surface area contributed by atoms with E-state index in [1.807, 2.05) is 0 Å². The van der Waals surface area contributed by atoms with Crippen molar-refractivity contribution in [3.05, 3.63) is 5.01 Å². The number of aryl methyl sites for hydroxylation is 1. The summed E-state index contributed by atoms with van der Waals surface area (Å²) in [6.45, 7) is 2.76. The lowest BCUT2D eigenvalue weighted by atomic mass is 10.1. The second-order valence-corrected chi connectivity index (χ2v) is 5.38. The Kier molecular flexibility index (Phi) is 4.06. The number of carbonyl (C=O) groups is 1. The van der Waals surface area contributed by atoms with E-state index in [2.05, 4.69) is 17.1 Å². The van der Waals surface area contributed by atoms with E-state index in [-0.39, 0.29) is 18.4 Å². The number of amides is 1. The summed E-state index contributed by atoms with van der Waals surface area (Å²) >= 11 is 1.49. The molecule has 0 radical (unpaired) electrons. The highest BCUT2D eigenvalue weighted by atomic mass is 32.1. The molecule has 0 aliphatic carbocycles. The van der Waals surface area contributed by atoms with Crippen LogP contribution in [0.5, 0.6) is 0 Å². The minimum absolute atomic E-state index is 0.0437. The quantitative estimate of drug-likeness (QED) is 0.859. The first kappa shape index (κ1) is 12.4. The molecule has 6 heteroatoms. The number of carbonyl (C=O) groups excluding carboxylic acids is 1. The van der Waals surface area contributed by atoms with Gasteiger partial charge in [-0.1, -0.05) is 24.7 Å². The van der Waals surface area contributed by atoms with E-state index in [9.17, 15) is 4.79 Å². The molecule has 0 spiro atoms. The summed E-state index contributed by atoms with van der Waals surface area (Å²) in [6, 6.07) is 0. The Morgan fingerprint density at radius 1 is 1.53 bits per heavy atom. The molecule has 0 saturated carbocycles. The van der Waals surface area contributed by atoms with Crippen molar-refractivity contribution >= 4 is 22.4 Å². The fraction of sp³-hybridized carbons (Fsp3) is 0.727. The SMILES string of the molecule is CCCCc1nnc(N2CC(CO)CC2=O)s1. The molecular weight excluding hydrogens is 238 g/mol. The molecule has 1 aliphatic heterocycles. The third kappa shape index (κ3) is 2.81. The van der Waals surface area contributed by atoms with Crippen LogP contribution in [0.15, 0.2) is 0 Å². The van der Waals surface area contributed by atoms with Gasteiger partial charge in [0, 0.05) is 31.9 Å². The van der Waals surface area contributed by atoms with Crippen molar-refractivity contribution in [1.29, 1.82) is 0 Å². The van der Waals surface area contributed by atoms with Crippen LogP contribution < -0.4 is 4.90 Å². The van der Waals surface area contributed by atoms with Gasteiger partial charge >= 0.3 is 0 Å². The van der Waals surface area contributed by atoms with Crippen molar-refractivity contribution in [3.63, 3.8) is 0 Å². The van der Waals surface area contributed by atoms with Crippen LogP contribution in [0.1, 0.15) is 31.2 Å². The van der Waals surface area contributed by atoms with E-state index in [1.54, 1.807) is 4.90 Å². The van der Waals surface area contributed by atoms with Crippen LogP contribution >= 0.6 is 11.3 Å². The molecule has 1 amide bonds. The second-order valence-electron chi connectivity index (χ2n) is 4.34. The van der Waals surface area contributed by atoms with Crippen LogP contribution in [0, 0.1) is 5.92 Å². The third-order valence-electron chi connectivity index (χ3n) is 2.89. The van der Waals surface area contributed by atoms with Crippen LogP contribution in [0.4, 0.5) is 5.13 Å². The first-order valence-corrected chi connectivity index (χ1v) is 6.79. The Balaban J connectivity index is 2.02. The zero-order chi connectivity index (χ0) is 12.3. The molecule has 1 atom stereocenters. The summed E-state index contributed by atoms with van der Waals surface area (Å²) in [5, 5.41) is 18.9. The maximum atomic E-state index is 11.7. The Morgan fingerprint density at radius 3 is 3.00 bits per heavy atom. The molecule has 1 unspecified atom stereocenters. The number of nitrogens with zero attached hydrogens (tertiary/aromatic N) is 3. The molecule has 94 valence electrons. The summed E-state index contributed by atoms with van der Waals surface area (Å²) in [6.07, 6.45) is 3.58. The van der Waals surface area contributed by atoms with Gasteiger partial charge in [0.2, 0.25) is 11.0 Å². The van der Waals surface area contributed by atoms with E-state index in [1.165, 1.54) is 11.3 Å². The van der Waals surface area contributed by atoms with Crippen LogP contribution in [0.25, 0.3) is 0 Å². The minimum atomic E-state index is 0.0437. The van der Waals surface area contributed by atoms with Crippen molar-refractivity contribution in [3.8, 4) is 0 Å². The summed E-state index contributed by atoms with van der Waals surface area (Å²) in [5.41, 5.74) is 0. The highest BCUT2D eigenvalue weighted by molar-refractivity contribution is 7.15. The molecular formula is C11H17N3O2S. The van der Waals surface area contributed by atoms with Gasteiger partial charge in [0.1, 0.15) is 5.01 Å². The van der Waals surface area contributed by atoms with Gasteiger partial charge in [0.25, 0.3) is 0 Å². The highest BCUT2D eigenvalue weighted by Crippen LogP contribution is 2.28. The number of aliphatic hydroxyl groups excluding tert-OH is 1. The standard InChI is InChI=1S/C11H17N3O2S/c1-2-3-4-9-12-13-11(17-9)14-6-8(7-15)5-10(14)16/h8,15H,2-7H2,1H3. The van der Waals surface area contributed by atoms with Crippen LogP contribution in [0.3, 0.4) is 0 Å². The molecule has 5 nitrogen and oxygen atoms in total. The Labute approximate surface area is 104 Å². The Hall–Kier alpha value is -1.01. The fourth-order valence-electron chi connectivity index (χ4n) is 1.87. The lowest BCUT2D eigenvalue weighted by Crippen LogP contribution is -2.24. The molecule has 2 rings (SSSR count). The van der Waals surface area contributed by atoms with E-state index < -0.39 is 0 Å². The van der Waals surface area contributed by atoms with Gasteiger partial charge in [0.05, 0.1) is 0 Å². The van der Waals surface area contributed by atoms with Crippen molar-refractivity contribution in [2.75, 3.05) is 18.1 Å². The molecule has 0 aromatic carbocycles. The first-order chi connectivity index (χ1) is 8.24. The maximum Gasteiger partial charge on any atom is 0.229 e. The van der Waals surface area contributed by atoms with Crippen molar-refractivity contribution in [1.82, 2.24) is 10.2 Å². The normalized spacial score (nSPS) is 20.2. The van der Waals surface area contributed by atoms with Crippen molar-refractivity contribution in [2.45, 2.75) is 32.6 Å². The number of rotatable bonds is 5. The lowest BCUT2D eigenvalue weighted by Gasteiger charge is -2.10. The molecule has 1 aliphatic rings. The summed E-state index contributed by atoms with van der Waals surface area (Å²) in [7, 11) is 0. The largest absolute Gasteiger partial charge is 0.396 e. The van der Waals surface area contributed by atoms with Gasteiger partial charge in [-0.15, -0.1) is 10.2 Å². The molecule has 1 aromatic heterocycles. The molecule has 2 heterocycles. The number of anilines is 1. The molecule has 1 saturated heterocycles. The van der Waals surface area contributed by atoms with Gasteiger partial charge in [-0.25, -0.2) is 0 Å². The lowest BCUT2D eigenvalue weighted by molar-refractivity contribution is -0.117. The van der Waals surface area contributed by atoms with Crippen molar-refractivity contribution < 1.29 is 9.90 Å². The van der Waals surface area contributed by atoms with Crippen LogP contribution in [-0.2, 0) is 11.2 Å². The van der Waals surface area contributed by atoms with Gasteiger partial charge < -0.3 is 5.11 Å². The van der Waals surface area contributed by atoms with Gasteiger partial charge in [-0.2, -0.15) is 0 Å². The molecule has 1 fully saturated rings. The fourth-order valence-corrected chi connectivity index (χ4v) is 2.78. The van der Waals surface area contributed by atoms with E-state index in [0.29, 0.717) is 18.1 Å².